The molecule has 2 rings (SSSR count). The van der Waals surface area contributed by atoms with Crippen molar-refractivity contribution >= 4 is 29.8 Å². The Morgan fingerprint density at radius 1 is 1.19 bits per heavy atom. The third-order valence-corrected chi connectivity index (χ3v) is 6.04. The second kappa shape index (κ2) is 9.36. The van der Waals surface area contributed by atoms with Crippen LogP contribution >= 0.6 is 7.14 Å². The van der Waals surface area contributed by atoms with Crippen LogP contribution in [0, 0.1) is 0 Å². The lowest BCUT2D eigenvalue weighted by molar-refractivity contribution is -0.0864. The zero-order valence-electron chi connectivity index (χ0n) is 19.1. The van der Waals surface area contributed by atoms with Crippen LogP contribution in [0.2, 0.25) is 0 Å². The second-order valence-electron chi connectivity index (χ2n) is 8.68. The first-order chi connectivity index (χ1) is 14.6. The van der Waals surface area contributed by atoms with Crippen LogP contribution in [0.4, 0.5) is 24.7 Å². The zero-order valence-corrected chi connectivity index (χ0v) is 19.9. The topological polar surface area (TPSA) is 82.2 Å². The Kier molecular flexibility index (Phi) is 7.45. The minimum Gasteiger partial charge on any atom is -0.342 e. The van der Waals surface area contributed by atoms with Crippen LogP contribution in [0.15, 0.2) is 59.4 Å². The van der Waals surface area contributed by atoms with E-state index >= 15 is 0 Å². The predicted octanol–water partition coefficient (Wildman–Crippen LogP) is 5.67. The Balaban J connectivity index is 2.31. The number of halogens is 3. The van der Waals surface area contributed by atoms with Crippen molar-refractivity contribution in [1.29, 1.82) is 0 Å². The number of H-pyrrole nitrogens is 1. The number of allylic oxidation sites excluding steroid dienone is 1. The van der Waals surface area contributed by atoms with E-state index in [0.29, 0.717) is 11.0 Å². The van der Waals surface area contributed by atoms with Crippen LogP contribution in [-0.2, 0) is 9.98 Å². The van der Waals surface area contributed by atoms with Crippen LogP contribution in [0.25, 0.3) is 0 Å². The maximum Gasteiger partial charge on any atom is 0.419 e. The number of nitrogens with zero attached hydrogens (tertiary/aromatic N) is 2. The minimum atomic E-state index is -4.63. The van der Waals surface area contributed by atoms with E-state index in [1.165, 1.54) is 6.92 Å². The fraction of sp³-hybridized carbons (Fsp3) is 0.364. The molecule has 0 saturated heterocycles. The molecule has 3 N–H and O–H groups in total. The van der Waals surface area contributed by atoms with Gasteiger partial charge in [0.2, 0.25) is 0 Å². The van der Waals surface area contributed by atoms with Gasteiger partial charge in [0.15, 0.2) is 5.82 Å². The van der Waals surface area contributed by atoms with Crippen molar-refractivity contribution in [1.82, 2.24) is 15.5 Å². The molecule has 0 fully saturated rings. The molecule has 0 unspecified atom stereocenters. The van der Waals surface area contributed by atoms with Gasteiger partial charge in [0.05, 0.1) is 5.57 Å². The van der Waals surface area contributed by atoms with Gasteiger partial charge < -0.3 is 15.2 Å². The molecule has 0 aliphatic heterocycles. The molecule has 0 amide bonds. The SMILES string of the molecule is C=C(NC(=Nc1cc(C(C)(C)C)[nH]n1)/C(=C\C)C(F)(F)F)Nc1ccc(P(C)(C)=O)cc1. The number of hydrogen-bond donors (Lipinski definition) is 3. The molecule has 1 aromatic heterocycles. The number of alkyl halides is 3. The van der Waals surface area contributed by atoms with Gasteiger partial charge in [-0.15, -0.1) is 0 Å². The highest BCUT2D eigenvalue weighted by Gasteiger charge is 2.37. The molecule has 0 atom stereocenters. The molecule has 0 bridgehead atoms. The molecule has 0 saturated carbocycles. The number of nitrogens with one attached hydrogen (secondary N) is 3. The number of hydrogen-bond acceptors (Lipinski definition) is 4. The first-order valence-corrected chi connectivity index (χ1v) is 12.5. The van der Waals surface area contributed by atoms with E-state index in [9.17, 15) is 17.7 Å². The highest BCUT2D eigenvalue weighted by atomic mass is 31.2. The molecule has 174 valence electrons. The summed E-state index contributed by atoms with van der Waals surface area (Å²) in [5, 5.41) is 13.0. The zero-order chi connectivity index (χ0) is 24.3. The summed E-state index contributed by atoms with van der Waals surface area (Å²) in [6.45, 7) is 14.2. The second-order valence-corrected chi connectivity index (χ2v) is 11.9. The van der Waals surface area contributed by atoms with Gasteiger partial charge in [-0.25, -0.2) is 4.99 Å². The molecule has 10 heteroatoms. The maximum absolute atomic E-state index is 13.6. The summed E-state index contributed by atoms with van der Waals surface area (Å²) in [5.41, 5.74) is 0.0998. The highest BCUT2D eigenvalue weighted by Crippen LogP contribution is 2.34. The number of aliphatic imine (C=N–C) groups is 1. The van der Waals surface area contributed by atoms with E-state index < -0.39 is 24.7 Å². The van der Waals surface area contributed by atoms with Gasteiger partial charge >= 0.3 is 6.18 Å². The van der Waals surface area contributed by atoms with Crippen molar-refractivity contribution in [2.45, 2.75) is 39.3 Å². The van der Waals surface area contributed by atoms with E-state index in [1.807, 2.05) is 20.8 Å². The predicted molar refractivity (Wildman–Crippen MR) is 126 cm³/mol. The Morgan fingerprint density at radius 2 is 1.78 bits per heavy atom. The minimum absolute atomic E-state index is 0.0860. The van der Waals surface area contributed by atoms with Crippen molar-refractivity contribution in [2.24, 2.45) is 4.99 Å². The van der Waals surface area contributed by atoms with Gasteiger partial charge in [-0.2, -0.15) is 18.3 Å². The van der Waals surface area contributed by atoms with Gasteiger partial charge in [-0.3, -0.25) is 5.10 Å². The van der Waals surface area contributed by atoms with Gasteiger partial charge in [0.1, 0.15) is 18.8 Å². The molecule has 32 heavy (non-hydrogen) atoms. The molecule has 0 spiro atoms. The molecular weight excluding hydrogens is 438 g/mol. The van der Waals surface area contributed by atoms with Crippen LogP contribution in [0.3, 0.4) is 0 Å². The van der Waals surface area contributed by atoms with Crippen LogP contribution < -0.4 is 15.9 Å². The normalized spacial score (nSPS) is 13.8. The number of amidine groups is 1. The first kappa shape index (κ1) is 25.5. The number of benzene rings is 1. The average Bonchev–Trinajstić information content (AvgIpc) is 3.09. The van der Waals surface area contributed by atoms with Crippen molar-refractivity contribution in [3.63, 3.8) is 0 Å². The molecule has 0 aliphatic rings. The van der Waals surface area contributed by atoms with Gasteiger partial charge in [-0.1, -0.05) is 33.4 Å². The van der Waals surface area contributed by atoms with Gasteiger partial charge in [0, 0.05) is 28.2 Å². The fourth-order valence-electron chi connectivity index (χ4n) is 2.71. The lowest BCUT2D eigenvalue weighted by Gasteiger charge is -2.18. The summed E-state index contributed by atoms with van der Waals surface area (Å²) in [6, 6.07) is 8.38. The largest absolute Gasteiger partial charge is 0.419 e. The molecule has 1 aromatic carbocycles. The number of anilines is 1. The lowest BCUT2D eigenvalue weighted by Crippen LogP contribution is -2.33. The third kappa shape index (κ3) is 6.85. The maximum atomic E-state index is 13.6. The van der Waals surface area contributed by atoms with Crippen LogP contribution in [-0.4, -0.2) is 35.5 Å². The number of aromatic amines is 1. The molecular formula is C22H29F3N5OP. The van der Waals surface area contributed by atoms with E-state index in [0.717, 1.165) is 11.8 Å². The highest BCUT2D eigenvalue weighted by molar-refractivity contribution is 7.70. The Bertz CT molecular complexity index is 1070. The Hall–Kier alpha value is -2.80. The summed E-state index contributed by atoms with van der Waals surface area (Å²) >= 11 is 0. The first-order valence-electron chi connectivity index (χ1n) is 9.88. The Labute approximate surface area is 186 Å². The average molecular weight is 467 g/mol. The molecule has 2 aromatic rings. The summed E-state index contributed by atoms with van der Waals surface area (Å²) < 4.78 is 53.0. The van der Waals surface area contributed by atoms with Crippen LogP contribution in [0.5, 0.6) is 0 Å². The number of aromatic nitrogens is 2. The molecule has 0 radical (unpaired) electrons. The van der Waals surface area contributed by atoms with E-state index in [4.69, 9.17) is 0 Å². The van der Waals surface area contributed by atoms with Crippen molar-refractivity contribution in [2.75, 3.05) is 18.6 Å². The van der Waals surface area contributed by atoms with Gasteiger partial charge in [-0.05, 0) is 44.5 Å². The fourth-order valence-corrected chi connectivity index (χ4v) is 3.58. The van der Waals surface area contributed by atoms with Crippen molar-refractivity contribution in [3.05, 3.63) is 60.1 Å². The lowest BCUT2D eigenvalue weighted by atomic mass is 9.92. The summed E-state index contributed by atoms with van der Waals surface area (Å²) in [4.78, 5) is 4.10. The Morgan fingerprint density at radius 3 is 2.22 bits per heavy atom. The number of rotatable bonds is 6. The summed E-state index contributed by atoms with van der Waals surface area (Å²) in [6.07, 6.45) is -3.69. The molecule has 1 heterocycles. The van der Waals surface area contributed by atoms with E-state index in [-0.39, 0.29) is 17.1 Å². The summed E-state index contributed by atoms with van der Waals surface area (Å²) in [7, 11) is -2.41. The van der Waals surface area contributed by atoms with Crippen LogP contribution in [0.1, 0.15) is 33.4 Å². The van der Waals surface area contributed by atoms with E-state index in [1.54, 1.807) is 43.7 Å². The molecule has 6 nitrogen and oxygen atoms in total. The van der Waals surface area contributed by atoms with E-state index in [2.05, 4.69) is 32.4 Å². The van der Waals surface area contributed by atoms with Crippen molar-refractivity contribution < 1.29 is 17.7 Å². The monoisotopic (exact) mass is 467 g/mol. The molecule has 0 aliphatic carbocycles. The van der Waals surface area contributed by atoms with Crippen molar-refractivity contribution in [3.8, 4) is 0 Å². The summed E-state index contributed by atoms with van der Waals surface area (Å²) in [5.74, 6) is -0.240. The van der Waals surface area contributed by atoms with Gasteiger partial charge in [0.25, 0.3) is 0 Å². The quantitative estimate of drug-likeness (QED) is 0.291. The smallest absolute Gasteiger partial charge is 0.342 e. The standard InChI is InChI=1S/C22H29F3N5OP/c1-8-17(22(23,24)25)20(28-19-13-18(29-30-19)21(3,4)5)27-14(2)26-15-9-11-16(12-10-15)32(6,7)31/h8-13,26H,2H2,1,3-7H3,(H2,27,28,29,30)/b17-8+. The third-order valence-electron chi connectivity index (χ3n) is 4.50.